The topological polar surface area (TPSA) is 134 Å². The van der Waals surface area contributed by atoms with E-state index in [1.165, 1.54) is 23.9 Å². The lowest BCUT2D eigenvalue weighted by atomic mass is 10.2. The summed E-state index contributed by atoms with van der Waals surface area (Å²) in [6.07, 6.45) is 0. The number of nitrogens with one attached hydrogen (secondary N) is 1. The van der Waals surface area contributed by atoms with Crippen molar-refractivity contribution in [3.63, 3.8) is 0 Å². The molecule has 0 bridgehead atoms. The highest BCUT2D eigenvalue weighted by Crippen LogP contribution is 2.19. The highest BCUT2D eigenvalue weighted by Gasteiger charge is 2.17. The number of anilines is 1. The third kappa shape index (κ3) is 3.65. The normalized spacial score (nSPS) is 10.8. The first-order valence-electron chi connectivity index (χ1n) is 8.48. The molecule has 0 aliphatic rings. The maximum Gasteiger partial charge on any atom is 0.322 e. The van der Waals surface area contributed by atoms with Crippen LogP contribution in [0.5, 0.6) is 6.01 Å². The van der Waals surface area contributed by atoms with Crippen molar-refractivity contribution in [1.82, 2.24) is 29.9 Å². The number of primary amides is 1. The van der Waals surface area contributed by atoms with Gasteiger partial charge in [-0.15, -0.1) is 5.10 Å². The number of ether oxygens (including phenoxy) is 1. The molecule has 0 unspecified atom stereocenters. The van der Waals surface area contributed by atoms with Crippen LogP contribution in [0.4, 0.5) is 10.3 Å². The van der Waals surface area contributed by atoms with Gasteiger partial charge >= 0.3 is 6.01 Å². The van der Waals surface area contributed by atoms with E-state index in [1.807, 2.05) is 0 Å². The van der Waals surface area contributed by atoms with Crippen LogP contribution >= 0.6 is 0 Å². The van der Waals surface area contributed by atoms with Gasteiger partial charge in [-0.3, -0.25) is 4.79 Å². The number of carbonyl (C=O) groups is 1. The molecular weight excluding hydrogens is 379 g/mol. The Hall–Kier alpha value is -4.15. The molecule has 10 nitrogen and oxygen atoms in total. The van der Waals surface area contributed by atoms with Gasteiger partial charge in [-0.05, 0) is 29.8 Å². The first-order valence-corrected chi connectivity index (χ1v) is 8.48. The Labute approximate surface area is 163 Å². The molecule has 0 radical (unpaired) electrons. The van der Waals surface area contributed by atoms with Crippen molar-refractivity contribution in [2.45, 2.75) is 6.54 Å². The quantitative estimate of drug-likeness (QED) is 0.502. The molecule has 1 amide bonds. The van der Waals surface area contributed by atoms with E-state index in [2.05, 4.69) is 30.6 Å². The first-order chi connectivity index (χ1) is 14.0. The molecule has 0 saturated carbocycles. The van der Waals surface area contributed by atoms with Crippen LogP contribution in [0.3, 0.4) is 0 Å². The van der Waals surface area contributed by atoms with Gasteiger partial charge in [0.2, 0.25) is 5.95 Å². The number of hydrogen-bond acceptors (Lipinski definition) is 8. The Morgan fingerprint density at radius 2 is 2.03 bits per heavy atom. The molecule has 2 aromatic carbocycles. The van der Waals surface area contributed by atoms with Crippen molar-refractivity contribution in [2.75, 3.05) is 12.4 Å². The molecule has 29 heavy (non-hydrogen) atoms. The number of rotatable bonds is 6. The smallest absolute Gasteiger partial charge is 0.322 e. The minimum Gasteiger partial charge on any atom is -0.467 e. The molecule has 2 heterocycles. The van der Waals surface area contributed by atoms with E-state index < -0.39 is 5.91 Å². The Morgan fingerprint density at radius 3 is 2.79 bits per heavy atom. The molecule has 0 fully saturated rings. The van der Waals surface area contributed by atoms with Crippen LogP contribution < -0.4 is 15.8 Å². The molecule has 0 spiro atoms. The lowest BCUT2D eigenvalue weighted by Crippen LogP contribution is -2.12. The zero-order chi connectivity index (χ0) is 20.4. The summed E-state index contributed by atoms with van der Waals surface area (Å²) in [4.78, 5) is 24.3. The van der Waals surface area contributed by atoms with Crippen molar-refractivity contribution in [3.05, 3.63) is 59.4 Å². The fourth-order valence-corrected chi connectivity index (χ4v) is 2.73. The third-order valence-corrected chi connectivity index (χ3v) is 4.06. The molecule has 4 aromatic rings. The molecule has 0 saturated heterocycles. The van der Waals surface area contributed by atoms with Crippen LogP contribution in [0.2, 0.25) is 0 Å². The SMILES string of the molecule is COc1nc(NCc2cccc(F)c2)nc(-n2nnc3c(C(N)=O)cccc32)n1. The molecule has 3 N–H and O–H groups in total. The minimum absolute atomic E-state index is 0.0476. The number of nitrogens with two attached hydrogens (primary N) is 1. The number of fused-ring (bicyclic) bond motifs is 1. The summed E-state index contributed by atoms with van der Waals surface area (Å²) >= 11 is 0. The molecule has 0 aliphatic carbocycles. The van der Waals surface area contributed by atoms with Gasteiger partial charge in [0.25, 0.3) is 11.9 Å². The highest BCUT2D eigenvalue weighted by atomic mass is 19.1. The van der Waals surface area contributed by atoms with Gasteiger partial charge < -0.3 is 15.8 Å². The third-order valence-electron chi connectivity index (χ3n) is 4.06. The summed E-state index contributed by atoms with van der Waals surface area (Å²) in [6, 6.07) is 11.1. The van der Waals surface area contributed by atoms with Gasteiger partial charge in [0.05, 0.1) is 18.2 Å². The van der Waals surface area contributed by atoms with Crippen molar-refractivity contribution in [1.29, 1.82) is 0 Å². The van der Waals surface area contributed by atoms with Gasteiger partial charge in [0.15, 0.2) is 0 Å². The fourth-order valence-electron chi connectivity index (χ4n) is 2.73. The number of nitrogens with zero attached hydrogens (tertiary/aromatic N) is 6. The molecule has 11 heteroatoms. The first kappa shape index (κ1) is 18.2. The summed E-state index contributed by atoms with van der Waals surface area (Å²) in [5.74, 6) is -0.626. The van der Waals surface area contributed by atoms with Gasteiger partial charge in [-0.25, -0.2) is 4.39 Å². The monoisotopic (exact) mass is 394 g/mol. The number of benzene rings is 2. The number of halogens is 1. The summed E-state index contributed by atoms with van der Waals surface area (Å²) in [5, 5.41) is 11.0. The average molecular weight is 394 g/mol. The lowest BCUT2D eigenvalue weighted by Gasteiger charge is -2.08. The molecular formula is C18H15FN8O2. The second-order valence-corrected chi connectivity index (χ2v) is 5.97. The number of aromatic nitrogens is 6. The van der Waals surface area contributed by atoms with E-state index in [9.17, 15) is 9.18 Å². The van der Waals surface area contributed by atoms with Gasteiger partial charge in [-0.2, -0.15) is 19.6 Å². The van der Waals surface area contributed by atoms with Gasteiger partial charge in [0, 0.05) is 6.54 Å². The maximum atomic E-state index is 13.4. The molecule has 4 rings (SSSR count). The average Bonchev–Trinajstić information content (AvgIpc) is 3.16. The molecule has 0 atom stereocenters. The predicted octanol–water partition coefficient (Wildman–Crippen LogP) is 1.46. The second kappa shape index (κ2) is 7.46. The lowest BCUT2D eigenvalue weighted by molar-refractivity contribution is 0.100. The largest absolute Gasteiger partial charge is 0.467 e. The molecule has 0 aliphatic heterocycles. The van der Waals surface area contributed by atoms with E-state index in [1.54, 1.807) is 30.3 Å². The van der Waals surface area contributed by atoms with E-state index in [4.69, 9.17) is 10.5 Å². The predicted molar refractivity (Wildman–Crippen MR) is 101 cm³/mol. The van der Waals surface area contributed by atoms with Crippen LogP contribution in [0.1, 0.15) is 15.9 Å². The number of hydrogen-bond donors (Lipinski definition) is 2. The van der Waals surface area contributed by atoms with Gasteiger partial charge in [0.1, 0.15) is 11.3 Å². The highest BCUT2D eigenvalue weighted by molar-refractivity contribution is 6.03. The number of carbonyl (C=O) groups excluding carboxylic acids is 1. The summed E-state index contributed by atoms with van der Waals surface area (Å²) in [6.45, 7) is 0.286. The van der Waals surface area contributed by atoms with Crippen molar-refractivity contribution >= 4 is 22.9 Å². The van der Waals surface area contributed by atoms with E-state index >= 15 is 0 Å². The fraction of sp³-hybridized carbons (Fsp3) is 0.111. The molecule has 146 valence electrons. The molecule has 2 aromatic heterocycles. The Bertz CT molecular complexity index is 1210. The van der Waals surface area contributed by atoms with Crippen molar-refractivity contribution in [3.8, 4) is 12.0 Å². The van der Waals surface area contributed by atoms with Crippen molar-refractivity contribution in [2.24, 2.45) is 5.73 Å². The zero-order valence-electron chi connectivity index (χ0n) is 15.2. The van der Waals surface area contributed by atoms with Crippen LogP contribution in [-0.2, 0) is 6.54 Å². The van der Waals surface area contributed by atoms with E-state index in [0.717, 1.165) is 0 Å². The minimum atomic E-state index is -0.617. The van der Waals surface area contributed by atoms with Crippen LogP contribution in [0.15, 0.2) is 42.5 Å². The standard InChI is InChI=1S/C18H15FN8O2/c1-29-18-23-16(21-9-10-4-2-5-11(19)8-10)22-17(24-18)27-13-7-3-6-12(15(20)28)14(13)25-26-27/h2-8H,9H2,1H3,(H2,20,28)(H,21,22,23,24). The maximum absolute atomic E-state index is 13.4. The van der Waals surface area contributed by atoms with Crippen LogP contribution in [-0.4, -0.2) is 43.0 Å². The summed E-state index contributed by atoms with van der Waals surface area (Å²) in [7, 11) is 1.42. The van der Waals surface area contributed by atoms with Gasteiger partial charge in [-0.1, -0.05) is 23.4 Å². The zero-order valence-corrected chi connectivity index (χ0v) is 15.2. The van der Waals surface area contributed by atoms with E-state index in [-0.39, 0.29) is 35.8 Å². The Balaban J connectivity index is 1.71. The van der Waals surface area contributed by atoms with Crippen molar-refractivity contribution < 1.29 is 13.9 Å². The number of amides is 1. The van der Waals surface area contributed by atoms with Crippen LogP contribution in [0.25, 0.3) is 17.0 Å². The van der Waals surface area contributed by atoms with E-state index in [0.29, 0.717) is 16.6 Å². The van der Waals surface area contributed by atoms with Crippen LogP contribution in [0, 0.1) is 5.82 Å². The second-order valence-electron chi connectivity index (χ2n) is 5.97. The summed E-state index contributed by atoms with van der Waals surface area (Å²) < 4.78 is 19.8. The Morgan fingerprint density at radius 1 is 1.21 bits per heavy atom. The number of methoxy groups -OCH3 is 1. The summed E-state index contributed by atoms with van der Waals surface area (Å²) in [5.41, 5.74) is 7.15. The Kier molecular flexibility index (Phi) is 4.69.